The van der Waals surface area contributed by atoms with Gasteiger partial charge in [0.1, 0.15) is 23.0 Å². The van der Waals surface area contributed by atoms with Gasteiger partial charge in [0.15, 0.2) is 10.7 Å². The van der Waals surface area contributed by atoms with E-state index in [1.807, 2.05) is 0 Å². The van der Waals surface area contributed by atoms with Crippen LogP contribution >= 0.6 is 12.2 Å². The van der Waals surface area contributed by atoms with Crippen molar-refractivity contribution in [3.8, 4) is 23.0 Å². The number of hydrogen-bond donors (Lipinski definition) is 4. The van der Waals surface area contributed by atoms with E-state index in [4.69, 9.17) is 32.6 Å². The number of hydrogen-bond acceptors (Lipinski definition) is 8. The van der Waals surface area contributed by atoms with Crippen molar-refractivity contribution in [2.24, 2.45) is 10.9 Å². The first kappa shape index (κ1) is 24.7. The molecule has 0 fully saturated rings. The highest BCUT2D eigenvalue weighted by molar-refractivity contribution is 7.89. The summed E-state index contributed by atoms with van der Waals surface area (Å²) in [7, 11) is -3.97. The molecule has 2 heterocycles. The number of primary sulfonamides is 1. The Kier molecular flexibility index (Phi) is 5.33. The van der Waals surface area contributed by atoms with Crippen LogP contribution in [0.25, 0.3) is 0 Å². The summed E-state index contributed by atoms with van der Waals surface area (Å²) in [6, 6.07) is 19.5. The first-order valence-electron chi connectivity index (χ1n) is 11.4. The number of phenols is 2. The van der Waals surface area contributed by atoms with E-state index >= 15 is 0 Å². The normalized spacial score (nSPS) is 17.0. The van der Waals surface area contributed by atoms with Crippen LogP contribution < -0.4 is 20.5 Å². The van der Waals surface area contributed by atoms with Gasteiger partial charge < -0.3 is 25.4 Å². The van der Waals surface area contributed by atoms with Gasteiger partial charge >= 0.3 is 5.97 Å². The summed E-state index contributed by atoms with van der Waals surface area (Å²) >= 11 is 5.39. The lowest BCUT2D eigenvalue weighted by Gasteiger charge is -2.39. The highest BCUT2D eigenvalue weighted by atomic mass is 32.2. The number of benzene rings is 4. The number of nitrogens with zero attached hydrogens (tertiary/aromatic N) is 1. The number of carbonyl (C=O) groups excluding carboxylic acids is 1. The Bertz CT molecular complexity index is 1820. The van der Waals surface area contributed by atoms with E-state index < -0.39 is 21.6 Å². The van der Waals surface area contributed by atoms with Crippen LogP contribution in [-0.4, -0.2) is 29.7 Å². The number of carbonyl (C=O) groups is 1. The van der Waals surface area contributed by atoms with Crippen molar-refractivity contribution in [3.05, 3.63) is 101 Å². The van der Waals surface area contributed by atoms with Crippen molar-refractivity contribution in [1.82, 2.24) is 0 Å². The molecule has 10 nitrogen and oxygen atoms in total. The quantitative estimate of drug-likeness (QED) is 0.214. The highest BCUT2D eigenvalue weighted by Crippen LogP contribution is 2.60. The third-order valence-electron chi connectivity index (χ3n) is 6.64. The Morgan fingerprint density at radius 3 is 2.28 bits per heavy atom. The van der Waals surface area contributed by atoms with Crippen molar-refractivity contribution in [3.63, 3.8) is 0 Å². The number of sulfonamides is 1. The molecule has 4 aromatic rings. The van der Waals surface area contributed by atoms with E-state index in [0.29, 0.717) is 27.9 Å². The third kappa shape index (κ3) is 3.68. The van der Waals surface area contributed by atoms with E-state index in [0.717, 1.165) is 0 Å². The predicted octanol–water partition coefficient (Wildman–Crippen LogP) is 3.69. The van der Waals surface area contributed by atoms with Crippen LogP contribution in [0.2, 0.25) is 0 Å². The van der Waals surface area contributed by atoms with Crippen LogP contribution in [0.5, 0.6) is 23.0 Å². The molecule has 39 heavy (non-hydrogen) atoms. The van der Waals surface area contributed by atoms with Gasteiger partial charge in [-0.3, -0.25) is 4.90 Å². The van der Waals surface area contributed by atoms with Gasteiger partial charge in [-0.2, -0.15) is 0 Å². The maximum atomic E-state index is 13.2. The molecule has 4 aromatic carbocycles. The number of esters is 1. The summed E-state index contributed by atoms with van der Waals surface area (Å²) in [5, 5.41) is 26.0. The summed E-state index contributed by atoms with van der Waals surface area (Å²) in [5.41, 5.74) is 6.72. The Balaban J connectivity index is 1.68. The Labute approximate surface area is 227 Å². The molecule has 196 valence electrons. The van der Waals surface area contributed by atoms with Crippen LogP contribution in [0.3, 0.4) is 0 Å². The van der Waals surface area contributed by atoms with Crippen LogP contribution in [-0.2, 0) is 20.4 Å². The molecule has 0 saturated carbocycles. The first-order valence-corrected chi connectivity index (χ1v) is 13.4. The lowest BCUT2D eigenvalue weighted by molar-refractivity contribution is 0.0226. The number of phenolic OH excluding ortho intramolecular Hbond substituents is 2. The van der Waals surface area contributed by atoms with Crippen LogP contribution in [0.1, 0.15) is 27.0 Å². The Morgan fingerprint density at radius 1 is 0.897 bits per heavy atom. The molecule has 6 N–H and O–H groups in total. The van der Waals surface area contributed by atoms with Gasteiger partial charge in [-0.25, -0.2) is 18.4 Å². The van der Waals surface area contributed by atoms with Gasteiger partial charge in [0.05, 0.1) is 21.7 Å². The minimum atomic E-state index is -3.97. The maximum Gasteiger partial charge on any atom is 0.340 e. The van der Waals surface area contributed by atoms with E-state index in [9.17, 15) is 23.4 Å². The molecule has 0 aromatic heterocycles. The van der Waals surface area contributed by atoms with Crippen molar-refractivity contribution in [2.45, 2.75) is 10.5 Å². The van der Waals surface area contributed by atoms with Crippen molar-refractivity contribution in [2.75, 3.05) is 4.90 Å². The van der Waals surface area contributed by atoms with Gasteiger partial charge in [0.25, 0.3) is 0 Å². The van der Waals surface area contributed by atoms with E-state index in [1.54, 1.807) is 30.3 Å². The predicted molar refractivity (Wildman–Crippen MR) is 145 cm³/mol. The number of aromatic hydroxyl groups is 2. The minimum Gasteiger partial charge on any atom is -0.508 e. The largest absolute Gasteiger partial charge is 0.508 e. The fourth-order valence-corrected chi connectivity index (χ4v) is 5.83. The number of anilines is 2. The summed E-state index contributed by atoms with van der Waals surface area (Å²) < 4.78 is 35.9. The van der Waals surface area contributed by atoms with Crippen LogP contribution in [0, 0.1) is 0 Å². The van der Waals surface area contributed by atoms with E-state index in [1.165, 1.54) is 53.4 Å². The van der Waals surface area contributed by atoms with Crippen LogP contribution in [0.4, 0.5) is 11.4 Å². The molecule has 1 atom stereocenters. The summed E-state index contributed by atoms with van der Waals surface area (Å²) in [6.07, 6.45) is 0. The molecule has 0 bridgehead atoms. The molecular formula is C27H19N3O7S2. The maximum absolute atomic E-state index is 13.2. The average molecular weight is 562 g/mol. The first-order chi connectivity index (χ1) is 18.5. The highest BCUT2D eigenvalue weighted by Gasteiger charge is 2.55. The molecule has 2 aliphatic heterocycles. The summed E-state index contributed by atoms with van der Waals surface area (Å²) in [5.74, 6) is -0.554. The molecule has 0 saturated heterocycles. The Hall–Kier alpha value is -4.65. The second-order valence-electron chi connectivity index (χ2n) is 8.95. The number of ether oxygens (including phenoxy) is 2. The molecule has 1 unspecified atom stereocenters. The smallest absolute Gasteiger partial charge is 0.340 e. The summed E-state index contributed by atoms with van der Waals surface area (Å²) in [4.78, 5) is 14.5. The van der Waals surface area contributed by atoms with Crippen LogP contribution in [0.15, 0.2) is 83.8 Å². The van der Waals surface area contributed by atoms with Crippen molar-refractivity contribution in [1.29, 1.82) is 0 Å². The lowest BCUT2D eigenvalue weighted by Crippen LogP contribution is -2.38. The summed E-state index contributed by atoms with van der Waals surface area (Å²) in [6.45, 7) is 0. The zero-order valence-electron chi connectivity index (χ0n) is 19.9. The van der Waals surface area contributed by atoms with E-state index in [-0.39, 0.29) is 38.7 Å². The second-order valence-corrected chi connectivity index (χ2v) is 10.9. The van der Waals surface area contributed by atoms with Gasteiger partial charge in [-0.05, 0) is 54.7 Å². The molecular weight excluding hydrogens is 542 g/mol. The van der Waals surface area contributed by atoms with Crippen molar-refractivity contribution >= 4 is 44.7 Å². The number of fused-ring (bicyclic) bond motifs is 6. The van der Waals surface area contributed by atoms with Gasteiger partial charge in [0.2, 0.25) is 10.0 Å². The molecule has 6 rings (SSSR count). The van der Waals surface area contributed by atoms with Crippen molar-refractivity contribution < 1.29 is 32.9 Å². The third-order valence-corrected chi connectivity index (χ3v) is 7.75. The number of thiocarbonyl (C=S) groups is 1. The molecule has 0 aliphatic carbocycles. The molecule has 2 aliphatic rings. The standard InChI is InChI=1S/C27H19N3O7S2/c28-26(38)30(14-5-8-17(9-6-14)39(29,34)35)21-11-16(32)13-23-24(21)27(20-10-7-15(31)12-22(20)36-23)19-4-2-1-3-18(19)25(33)37-27/h1-13,31-32H,(H2,28,38)(H2,29,34,35). The molecule has 12 heteroatoms. The van der Waals surface area contributed by atoms with Gasteiger partial charge in [-0.15, -0.1) is 0 Å². The fraction of sp³-hybridized carbons (Fsp3) is 0.0370. The van der Waals surface area contributed by atoms with Gasteiger partial charge in [-0.1, -0.05) is 18.2 Å². The molecule has 0 amide bonds. The zero-order chi connectivity index (χ0) is 27.7. The minimum absolute atomic E-state index is 0.0787. The zero-order valence-corrected chi connectivity index (χ0v) is 21.5. The average Bonchev–Trinajstić information content (AvgIpc) is 3.16. The topological polar surface area (TPSA) is 165 Å². The number of nitrogens with two attached hydrogens (primary N) is 2. The van der Waals surface area contributed by atoms with Gasteiger partial charge in [0, 0.05) is 35.0 Å². The second kappa shape index (κ2) is 8.43. The van der Waals surface area contributed by atoms with E-state index in [2.05, 4.69) is 0 Å². The number of rotatable bonds is 3. The Morgan fingerprint density at radius 2 is 1.59 bits per heavy atom. The molecule has 0 radical (unpaired) electrons. The SMILES string of the molecule is NC(=S)N(c1ccc(S(N)(=O)=O)cc1)c1cc(O)cc2c1C1(OC(=O)c3ccccc31)c1ccc(O)cc1O2. The monoisotopic (exact) mass is 561 g/mol. The molecule has 1 spiro atoms. The fourth-order valence-electron chi connectivity index (χ4n) is 5.11. The lowest BCUT2D eigenvalue weighted by atomic mass is 9.76.